The SMILES string of the molecule is CN=C(NCc1cccnc1OCC(F)(F)F)N1CCN(c2ncccn2)CC1. The van der Waals surface area contributed by atoms with Crippen molar-refractivity contribution in [2.75, 3.05) is 44.7 Å². The number of rotatable bonds is 5. The van der Waals surface area contributed by atoms with E-state index in [0.29, 0.717) is 30.6 Å². The molecule has 2 aromatic heterocycles. The van der Waals surface area contributed by atoms with E-state index >= 15 is 0 Å². The first-order valence-corrected chi connectivity index (χ1v) is 9.07. The number of ether oxygens (including phenoxy) is 1. The number of hydrogen-bond donors (Lipinski definition) is 1. The number of piperazine rings is 1. The Kier molecular flexibility index (Phi) is 6.68. The second-order valence-electron chi connectivity index (χ2n) is 6.30. The zero-order chi connectivity index (χ0) is 20.7. The third-order valence-electron chi connectivity index (χ3n) is 4.29. The summed E-state index contributed by atoms with van der Waals surface area (Å²) in [5.74, 6) is 1.31. The number of hydrogen-bond acceptors (Lipinski definition) is 6. The first-order valence-electron chi connectivity index (χ1n) is 9.07. The Balaban J connectivity index is 1.55. The van der Waals surface area contributed by atoms with Crippen LogP contribution in [0.25, 0.3) is 0 Å². The minimum absolute atomic E-state index is 0.0428. The number of halogens is 3. The van der Waals surface area contributed by atoms with Gasteiger partial charge in [-0.2, -0.15) is 13.2 Å². The lowest BCUT2D eigenvalue weighted by molar-refractivity contribution is -0.154. The summed E-state index contributed by atoms with van der Waals surface area (Å²) >= 11 is 0. The van der Waals surface area contributed by atoms with Crippen molar-refractivity contribution in [3.63, 3.8) is 0 Å². The lowest BCUT2D eigenvalue weighted by Gasteiger charge is -2.36. The van der Waals surface area contributed by atoms with Crippen LogP contribution in [0.15, 0.2) is 41.8 Å². The average molecular weight is 409 g/mol. The number of nitrogens with one attached hydrogen (secondary N) is 1. The van der Waals surface area contributed by atoms with Gasteiger partial charge in [0.2, 0.25) is 11.8 Å². The van der Waals surface area contributed by atoms with E-state index in [1.165, 1.54) is 6.20 Å². The molecule has 0 unspecified atom stereocenters. The van der Waals surface area contributed by atoms with E-state index in [4.69, 9.17) is 4.74 Å². The van der Waals surface area contributed by atoms with Crippen molar-refractivity contribution < 1.29 is 17.9 Å². The number of nitrogens with zero attached hydrogens (tertiary/aromatic N) is 6. The first kappa shape index (κ1) is 20.6. The van der Waals surface area contributed by atoms with Gasteiger partial charge in [-0.05, 0) is 12.1 Å². The molecule has 0 atom stereocenters. The smallest absolute Gasteiger partial charge is 0.422 e. The molecule has 1 saturated heterocycles. The van der Waals surface area contributed by atoms with Crippen LogP contribution in [-0.4, -0.2) is 71.8 Å². The summed E-state index contributed by atoms with van der Waals surface area (Å²) in [5, 5.41) is 3.17. The predicted octanol–water partition coefficient (Wildman–Crippen LogP) is 1.71. The minimum atomic E-state index is -4.42. The van der Waals surface area contributed by atoms with Crippen LogP contribution in [0.4, 0.5) is 19.1 Å². The van der Waals surface area contributed by atoms with E-state index < -0.39 is 12.8 Å². The fourth-order valence-electron chi connectivity index (χ4n) is 2.92. The molecule has 0 radical (unpaired) electrons. The summed E-state index contributed by atoms with van der Waals surface area (Å²) in [5.41, 5.74) is 0.522. The number of anilines is 1. The van der Waals surface area contributed by atoms with E-state index in [1.807, 2.05) is 0 Å². The molecule has 1 aliphatic rings. The van der Waals surface area contributed by atoms with Crippen molar-refractivity contribution in [2.24, 2.45) is 4.99 Å². The van der Waals surface area contributed by atoms with Crippen molar-refractivity contribution in [3.8, 4) is 5.88 Å². The summed E-state index contributed by atoms with van der Waals surface area (Å²) in [4.78, 5) is 20.9. The summed E-state index contributed by atoms with van der Waals surface area (Å²) in [6.45, 7) is 1.75. The van der Waals surface area contributed by atoms with Gasteiger partial charge in [0.25, 0.3) is 0 Å². The number of guanidine groups is 1. The van der Waals surface area contributed by atoms with E-state index in [2.05, 4.69) is 35.1 Å². The zero-order valence-electron chi connectivity index (χ0n) is 15.9. The van der Waals surface area contributed by atoms with Crippen LogP contribution in [0.2, 0.25) is 0 Å². The second kappa shape index (κ2) is 9.39. The molecule has 1 fully saturated rings. The second-order valence-corrected chi connectivity index (χ2v) is 6.30. The van der Waals surface area contributed by atoms with Crippen LogP contribution in [0.5, 0.6) is 5.88 Å². The van der Waals surface area contributed by atoms with Gasteiger partial charge in [-0.25, -0.2) is 15.0 Å². The third kappa shape index (κ3) is 5.93. The Hall–Kier alpha value is -3.11. The predicted molar refractivity (Wildman–Crippen MR) is 102 cm³/mol. The van der Waals surface area contributed by atoms with E-state index in [0.717, 1.165) is 13.1 Å². The Morgan fingerprint density at radius 1 is 1.10 bits per heavy atom. The molecule has 0 spiro atoms. The molecule has 3 rings (SSSR count). The number of aromatic nitrogens is 3. The highest BCUT2D eigenvalue weighted by Crippen LogP contribution is 2.20. The molecule has 11 heteroatoms. The largest absolute Gasteiger partial charge is 0.468 e. The van der Waals surface area contributed by atoms with Gasteiger partial charge < -0.3 is 19.9 Å². The van der Waals surface area contributed by atoms with Gasteiger partial charge >= 0.3 is 6.18 Å². The molecule has 0 aliphatic carbocycles. The molecule has 29 heavy (non-hydrogen) atoms. The summed E-state index contributed by atoms with van der Waals surface area (Å²) in [7, 11) is 1.67. The maximum Gasteiger partial charge on any atom is 0.422 e. The molecule has 1 aliphatic heterocycles. The van der Waals surface area contributed by atoms with Gasteiger partial charge in [-0.3, -0.25) is 4.99 Å². The third-order valence-corrected chi connectivity index (χ3v) is 4.29. The summed E-state index contributed by atoms with van der Waals surface area (Å²) in [6.07, 6.45) is 0.401. The van der Waals surface area contributed by atoms with Gasteiger partial charge in [0.1, 0.15) is 0 Å². The Morgan fingerprint density at radius 2 is 1.79 bits per heavy atom. The molecule has 8 nitrogen and oxygen atoms in total. The monoisotopic (exact) mass is 409 g/mol. The molecule has 0 aromatic carbocycles. The van der Waals surface area contributed by atoms with Gasteiger partial charge in [-0.1, -0.05) is 6.07 Å². The minimum Gasteiger partial charge on any atom is -0.468 e. The van der Waals surface area contributed by atoms with Gasteiger partial charge in [0, 0.05) is 63.9 Å². The summed E-state index contributed by atoms with van der Waals surface area (Å²) < 4.78 is 42.1. The molecule has 3 heterocycles. The van der Waals surface area contributed by atoms with Crippen LogP contribution < -0.4 is 15.0 Å². The summed E-state index contributed by atoms with van der Waals surface area (Å²) in [6, 6.07) is 5.10. The Morgan fingerprint density at radius 3 is 2.45 bits per heavy atom. The maximum absolute atomic E-state index is 12.4. The average Bonchev–Trinajstić information content (AvgIpc) is 2.74. The van der Waals surface area contributed by atoms with Crippen molar-refractivity contribution in [3.05, 3.63) is 42.4 Å². The Labute approximate surface area is 166 Å². The number of pyridine rings is 1. The quantitative estimate of drug-likeness (QED) is 0.595. The molecular formula is C18H22F3N7O. The van der Waals surface area contributed by atoms with Crippen molar-refractivity contribution in [1.82, 2.24) is 25.2 Å². The molecule has 2 aromatic rings. The zero-order valence-corrected chi connectivity index (χ0v) is 15.9. The van der Waals surface area contributed by atoms with E-state index in [1.54, 1.807) is 37.6 Å². The van der Waals surface area contributed by atoms with Crippen molar-refractivity contribution >= 4 is 11.9 Å². The normalized spacial score (nSPS) is 15.4. The lowest BCUT2D eigenvalue weighted by atomic mass is 10.2. The molecule has 1 N–H and O–H groups in total. The molecule has 0 bridgehead atoms. The molecular weight excluding hydrogens is 387 g/mol. The Bertz CT molecular complexity index is 809. The highest BCUT2D eigenvalue weighted by atomic mass is 19.4. The number of aliphatic imine (C=N–C) groups is 1. The topological polar surface area (TPSA) is 78.8 Å². The molecule has 0 saturated carbocycles. The van der Waals surface area contributed by atoms with Crippen LogP contribution in [-0.2, 0) is 6.54 Å². The van der Waals surface area contributed by atoms with Gasteiger partial charge in [0.05, 0.1) is 0 Å². The van der Waals surface area contributed by atoms with Crippen LogP contribution >= 0.6 is 0 Å². The van der Waals surface area contributed by atoms with Gasteiger partial charge in [0.15, 0.2) is 12.6 Å². The van der Waals surface area contributed by atoms with Crippen LogP contribution in [0, 0.1) is 0 Å². The fraction of sp³-hybridized carbons (Fsp3) is 0.444. The molecule has 156 valence electrons. The van der Waals surface area contributed by atoms with Crippen molar-refractivity contribution in [2.45, 2.75) is 12.7 Å². The van der Waals surface area contributed by atoms with Crippen LogP contribution in [0.1, 0.15) is 5.56 Å². The highest BCUT2D eigenvalue weighted by molar-refractivity contribution is 5.80. The fourth-order valence-corrected chi connectivity index (χ4v) is 2.92. The lowest BCUT2D eigenvalue weighted by Crippen LogP contribution is -2.52. The maximum atomic E-state index is 12.4. The van der Waals surface area contributed by atoms with E-state index in [9.17, 15) is 13.2 Å². The van der Waals surface area contributed by atoms with Gasteiger partial charge in [-0.15, -0.1) is 0 Å². The van der Waals surface area contributed by atoms with Crippen LogP contribution in [0.3, 0.4) is 0 Å². The molecule has 0 amide bonds. The first-order chi connectivity index (χ1) is 14.0. The highest BCUT2D eigenvalue weighted by Gasteiger charge is 2.29. The van der Waals surface area contributed by atoms with E-state index in [-0.39, 0.29) is 12.4 Å². The standard InChI is InChI=1S/C18H22F3N7O/c1-22-16(27-8-10-28(11-9-27)17-24-6-3-7-25-17)26-12-14-4-2-5-23-15(14)29-13-18(19,20)21/h2-7H,8-13H2,1H3,(H,22,26). The number of alkyl halides is 3. The van der Waals surface area contributed by atoms with Crippen molar-refractivity contribution in [1.29, 1.82) is 0 Å².